The van der Waals surface area contributed by atoms with Gasteiger partial charge in [0, 0.05) is 0 Å². The average molecular weight is 229 g/mol. The number of aromatic nitrogens is 2. The Labute approximate surface area is 90.5 Å². The summed E-state index contributed by atoms with van der Waals surface area (Å²) in [5.41, 5.74) is 0.211. The van der Waals surface area contributed by atoms with E-state index in [0.717, 1.165) is 0 Å². The van der Waals surface area contributed by atoms with Crippen molar-refractivity contribution >= 4 is 11.8 Å². The molecule has 1 unspecified atom stereocenters. The predicted molar refractivity (Wildman–Crippen MR) is 52.3 cm³/mol. The van der Waals surface area contributed by atoms with Crippen LogP contribution in [0.4, 0.5) is 10.5 Å². The molecule has 0 spiro atoms. The van der Waals surface area contributed by atoms with E-state index in [0.29, 0.717) is 0 Å². The second-order valence-electron chi connectivity index (χ2n) is 2.83. The first-order valence-corrected chi connectivity index (χ1v) is 4.35. The molecule has 1 rings (SSSR count). The molecule has 88 valence electrons. The molecule has 8 heteroatoms. The number of carbonyl (C=O) groups is 1. The second kappa shape index (κ2) is 5.83. The van der Waals surface area contributed by atoms with Crippen molar-refractivity contribution in [1.82, 2.24) is 9.97 Å². The first kappa shape index (κ1) is 12.1. The number of nitrogens with one attached hydrogen (secondary N) is 1. The van der Waals surface area contributed by atoms with Gasteiger partial charge in [0.05, 0.1) is 24.7 Å². The highest BCUT2D eigenvalue weighted by atomic mass is 16.5. The summed E-state index contributed by atoms with van der Waals surface area (Å²) in [4.78, 5) is 17.6. The van der Waals surface area contributed by atoms with Crippen LogP contribution in [-0.2, 0) is 0 Å². The van der Waals surface area contributed by atoms with Crippen LogP contribution in [0.25, 0.3) is 0 Å². The molecule has 0 bridgehead atoms. The Bertz CT molecular complexity index is 342. The minimum absolute atomic E-state index is 0.0107. The van der Waals surface area contributed by atoms with E-state index in [2.05, 4.69) is 15.3 Å². The predicted octanol–water partition coefficient (Wildman–Crippen LogP) is -0.702. The fourth-order valence-electron chi connectivity index (χ4n) is 0.802. The summed E-state index contributed by atoms with van der Waals surface area (Å²) in [6.45, 7) is -0.555. The summed E-state index contributed by atoms with van der Waals surface area (Å²) in [6, 6.07) is -0.0107. The number of nitrogens with zero attached hydrogens (tertiary/aromatic N) is 2. The summed E-state index contributed by atoms with van der Waals surface area (Å²) in [7, 11) is 0. The molecule has 1 aromatic rings. The molecule has 1 atom stereocenters. The van der Waals surface area contributed by atoms with Gasteiger partial charge in [-0.25, -0.2) is 14.8 Å². The van der Waals surface area contributed by atoms with Gasteiger partial charge in [-0.05, 0) is 0 Å². The molecule has 0 aliphatic rings. The third kappa shape index (κ3) is 4.07. The first-order valence-electron chi connectivity index (χ1n) is 4.35. The summed E-state index contributed by atoms with van der Waals surface area (Å²) in [6.07, 6.45) is 0.234. The van der Waals surface area contributed by atoms with Crippen LogP contribution >= 0.6 is 0 Å². The van der Waals surface area contributed by atoms with Crippen LogP contribution in [-0.4, -0.2) is 50.7 Å². The number of carboxylic acid groups (broad SMARTS) is 1. The van der Waals surface area contributed by atoms with E-state index in [9.17, 15) is 4.79 Å². The molecule has 0 fully saturated rings. The van der Waals surface area contributed by atoms with Gasteiger partial charge in [0.2, 0.25) is 0 Å². The standard InChI is InChI=1S/C8H11N3O5/c12-3-6(13)4-16-7-9-1-5(2-10-7)11-8(14)15/h1-2,6,11-13H,3-4H2,(H,14,15). The molecule has 1 aromatic heterocycles. The first-order chi connectivity index (χ1) is 7.61. The highest BCUT2D eigenvalue weighted by molar-refractivity contribution is 5.82. The Morgan fingerprint density at radius 3 is 2.62 bits per heavy atom. The molecule has 4 N–H and O–H groups in total. The Hall–Kier alpha value is -1.93. The maximum atomic E-state index is 10.2. The van der Waals surface area contributed by atoms with Gasteiger partial charge in [-0.2, -0.15) is 0 Å². The summed E-state index contributed by atoms with van der Waals surface area (Å²) >= 11 is 0. The fraction of sp³-hybridized carbons (Fsp3) is 0.375. The Morgan fingerprint density at radius 1 is 1.50 bits per heavy atom. The summed E-state index contributed by atoms with van der Waals surface area (Å²) in [5.74, 6) is 0. The van der Waals surface area contributed by atoms with Crippen molar-refractivity contribution in [2.24, 2.45) is 0 Å². The molecular formula is C8H11N3O5. The van der Waals surface area contributed by atoms with Gasteiger partial charge in [-0.3, -0.25) is 5.32 Å². The van der Waals surface area contributed by atoms with Crippen LogP contribution in [0.1, 0.15) is 0 Å². The SMILES string of the molecule is O=C(O)Nc1cnc(OCC(O)CO)nc1. The van der Waals surface area contributed by atoms with Crippen molar-refractivity contribution in [3.05, 3.63) is 12.4 Å². The second-order valence-corrected chi connectivity index (χ2v) is 2.83. The summed E-state index contributed by atoms with van der Waals surface area (Å²) < 4.78 is 4.91. The van der Waals surface area contributed by atoms with Crippen LogP contribution in [0.15, 0.2) is 12.4 Å². The van der Waals surface area contributed by atoms with E-state index in [1.165, 1.54) is 12.4 Å². The lowest BCUT2D eigenvalue weighted by molar-refractivity contribution is 0.0504. The smallest absolute Gasteiger partial charge is 0.409 e. The highest BCUT2D eigenvalue weighted by Gasteiger charge is 2.05. The molecular weight excluding hydrogens is 218 g/mol. The zero-order valence-electron chi connectivity index (χ0n) is 8.20. The minimum atomic E-state index is -1.21. The number of rotatable bonds is 5. The zero-order valence-corrected chi connectivity index (χ0v) is 8.20. The van der Waals surface area contributed by atoms with Crippen LogP contribution in [0, 0.1) is 0 Å². The number of anilines is 1. The highest BCUT2D eigenvalue weighted by Crippen LogP contribution is 2.07. The van der Waals surface area contributed by atoms with Crippen LogP contribution in [0.2, 0.25) is 0 Å². The van der Waals surface area contributed by atoms with Gasteiger partial charge in [0.1, 0.15) is 12.7 Å². The lowest BCUT2D eigenvalue weighted by atomic mass is 10.4. The average Bonchev–Trinajstić information content (AvgIpc) is 2.27. The maximum Gasteiger partial charge on any atom is 0.409 e. The quantitative estimate of drug-likeness (QED) is 0.526. The van der Waals surface area contributed by atoms with E-state index in [1.807, 2.05) is 0 Å². The van der Waals surface area contributed by atoms with Gasteiger partial charge < -0.3 is 20.1 Å². The molecule has 0 saturated heterocycles. The molecule has 0 aliphatic heterocycles. The Morgan fingerprint density at radius 2 is 2.12 bits per heavy atom. The van der Waals surface area contributed by atoms with Crippen molar-refractivity contribution < 1.29 is 24.9 Å². The Kier molecular flexibility index (Phi) is 4.42. The van der Waals surface area contributed by atoms with Crippen LogP contribution < -0.4 is 10.1 Å². The Balaban J connectivity index is 2.48. The maximum absolute atomic E-state index is 10.2. The van der Waals surface area contributed by atoms with Gasteiger partial charge in [0.25, 0.3) is 0 Å². The van der Waals surface area contributed by atoms with Crippen LogP contribution in [0.3, 0.4) is 0 Å². The van der Waals surface area contributed by atoms with Gasteiger partial charge >= 0.3 is 12.1 Å². The monoisotopic (exact) mass is 229 g/mol. The molecule has 1 amide bonds. The van der Waals surface area contributed by atoms with E-state index in [4.69, 9.17) is 20.1 Å². The van der Waals surface area contributed by atoms with Crippen molar-refractivity contribution in [3.63, 3.8) is 0 Å². The van der Waals surface area contributed by atoms with Gasteiger partial charge in [-0.15, -0.1) is 0 Å². The minimum Gasteiger partial charge on any atom is -0.465 e. The number of hydrogen-bond acceptors (Lipinski definition) is 6. The van der Waals surface area contributed by atoms with Crippen molar-refractivity contribution in [2.75, 3.05) is 18.5 Å². The van der Waals surface area contributed by atoms with E-state index >= 15 is 0 Å². The molecule has 8 nitrogen and oxygen atoms in total. The van der Waals surface area contributed by atoms with E-state index in [1.54, 1.807) is 0 Å². The lowest BCUT2D eigenvalue weighted by Gasteiger charge is -2.08. The van der Waals surface area contributed by atoms with Gasteiger partial charge in [-0.1, -0.05) is 0 Å². The molecule has 0 saturated carbocycles. The lowest BCUT2D eigenvalue weighted by Crippen LogP contribution is -2.22. The summed E-state index contributed by atoms with van der Waals surface area (Å²) in [5, 5.41) is 27.9. The van der Waals surface area contributed by atoms with Gasteiger partial charge in [0.15, 0.2) is 0 Å². The third-order valence-electron chi connectivity index (χ3n) is 1.49. The van der Waals surface area contributed by atoms with Crippen LogP contribution in [0.5, 0.6) is 6.01 Å². The zero-order chi connectivity index (χ0) is 12.0. The van der Waals surface area contributed by atoms with Crippen molar-refractivity contribution in [3.8, 4) is 6.01 Å². The molecule has 16 heavy (non-hydrogen) atoms. The third-order valence-corrected chi connectivity index (χ3v) is 1.49. The normalized spacial score (nSPS) is 11.9. The molecule has 0 radical (unpaired) electrons. The topological polar surface area (TPSA) is 125 Å². The van der Waals surface area contributed by atoms with E-state index < -0.39 is 18.8 Å². The molecule has 0 aromatic carbocycles. The molecule has 1 heterocycles. The number of aliphatic hydroxyl groups excluding tert-OH is 2. The van der Waals surface area contributed by atoms with Crippen molar-refractivity contribution in [1.29, 1.82) is 0 Å². The number of aliphatic hydroxyl groups is 2. The molecule has 0 aliphatic carbocycles. The van der Waals surface area contributed by atoms with E-state index in [-0.39, 0.29) is 18.3 Å². The number of ether oxygens (including phenoxy) is 1. The largest absolute Gasteiger partial charge is 0.465 e. The fourth-order valence-corrected chi connectivity index (χ4v) is 0.802. The van der Waals surface area contributed by atoms with Crippen molar-refractivity contribution in [2.45, 2.75) is 6.10 Å². The number of amides is 1. The number of hydrogen-bond donors (Lipinski definition) is 4.